The van der Waals surface area contributed by atoms with Gasteiger partial charge in [-0.2, -0.15) is 12.6 Å². The highest BCUT2D eigenvalue weighted by Gasteiger charge is 2.12. The Balaban J connectivity index is 2.00. The van der Waals surface area contributed by atoms with Gasteiger partial charge in [-0.1, -0.05) is 12.1 Å². The van der Waals surface area contributed by atoms with Gasteiger partial charge in [0.2, 0.25) is 0 Å². The first-order chi connectivity index (χ1) is 7.86. The van der Waals surface area contributed by atoms with Gasteiger partial charge in [-0.15, -0.1) is 11.3 Å². The van der Waals surface area contributed by atoms with Crippen LogP contribution in [0.4, 0.5) is 0 Å². The molecule has 1 aliphatic rings. The van der Waals surface area contributed by atoms with E-state index in [0.717, 1.165) is 16.5 Å². The number of nitrogens with zero attached hydrogens (tertiary/aromatic N) is 1. The van der Waals surface area contributed by atoms with E-state index in [-0.39, 0.29) is 0 Å². The van der Waals surface area contributed by atoms with Gasteiger partial charge < -0.3 is 0 Å². The van der Waals surface area contributed by atoms with Crippen molar-refractivity contribution in [2.45, 2.75) is 25.0 Å². The number of aromatic nitrogens is 1. The zero-order valence-electron chi connectivity index (χ0n) is 8.94. The quantitative estimate of drug-likeness (QED) is 0.798. The Kier molecular flexibility index (Phi) is 2.74. The van der Waals surface area contributed by atoms with Gasteiger partial charge >= 0.3 is 0 Å². The topological polar surface area (TPSA) is 12.9 Å². The average Bonchev–Trinajstić information content (AvgIpc) is 2.96. The van der Waals surface area contributed by atoms with Gasteiger partial charge in [-0.25, -0.2) is 4.98 Å². The van der Waals surface area contributed by atoms with Crippen LogP contribution >= 0.6 is 24.0 Å². The Morgan fingerprint density at radius 1 is 1.25 bits per heavy atom. The number of fused-ring (bicyclic) bond motifs is 1. The minimum atomic E-state index is 0.724. The van der Waals surface area contributed by atoms with E-state index in [2.05, 4.69) is 41.2 Å². The lowest BCUT2D eigenvalue weighted by Gasteiger charge is -2.01. The minimum Gasteiger partial charge on any atom is -0.240 e. The van der Waals surface area contributed by atoms with Crippen molar-refractivity contribution < 1.29 is 0 Å². The van der Waals surface area contributed by atoms with Crippen molar-refractivity contribution in [2.24, 2.45) is 0 Å². The van der Waals surface area contributed by atoms with Crippen LogP contribution in [0.2, 0.25) is 0 Å². The second kappa shape index (κ2) is 4.22. The van der Waals surface area contributed by atoms with Crippen molar-refractivity contribution in [1.29, 1.82) is 0 Å². The molecule has 0 spiro atoms. The molecule has 0 saturated carbocycles. The van der Waals surface area contributed by atoms with Crippen molar-refractivity contribution in [2.75, 3.05) is 0 Å². The normalized spacial score (nSPS) is 14.1. The van der Waals surface area contributed by atoms with E-state index in [1.807, 2.05) is 0 Å². The number of aryl methyl sites for hydroxylation is 2. The summed E-state index contributed by atoms with van der Waals surface area (Å²) >= 11 is 5.96. The first kappa shape index (κ1) is 10.4. The molecule has 1 heterocycles. The molecule has 0 radical (unpaired) electrons. The van der Waals surface area contributed by atoms with E-state index in [0.29, 0.717) is 0 Å². The zero-order valence-corrected chi connectivity index (χ0v) is 10.7. The number of hydrogen-bond donors (Lipinski definition) is 1. The molecule has 1 aromatic carbocycles. The Morgan fingerprint density at radius 3 is 2.94 bits per heavy atom. The second-order valence-electron chi connectivity index (χ2n) is 4.14. The molecule has 1 aliphatic carbocycles. The number of hydrogen-bond acceptors (Lipinski definition) is 3. The molecule has 0 aliphatic heterocycles. The van der Waals surface area contributed by atoms with Crippen LogP contribution in [0.15, 0.2) is 23.6 Å². The molecule has 0 fully saturated rings. The largest absolute Gasteiger partial charge is 0.240 e. The maximum Gasteiger partial charge on any atom is 0.123 e. The van der Waals surface area contributed by atoms with Crippen LogP contribution in [0.1, 0.15) is 23.2 Å². The van der Waals surface area contributed by atoms with Gasteiger partial charge in [0.25, 0.3) is 0 Å². The Hall–Kier alpha value is -0.800. The molecule has 0 saturated heterocycles. The molecule has 2 aromatic rings. The smallest absolute Gasteiger partial charge is 0.123 e. The van der Waals surface area contributed by atoms with Crippen molar-refractivity contribution in [1.82, 2.24) is 4.98 Å². The predicted molar refractivity (Wildman–Crippen MR) is 72.3 cm³/mol. The van der Waals surface area contributed by atoms with E-state index in [1.165, 1.54) is 36.0 Å². The maximum atomic E-state index is 4.57. The van der Waals surface area contributed by atoms with Crippen molar-refractivity contribution in [3.05, 3.63) is 40.4 Å². The summed E-state index contributed by atoms with van der Waals surface area (Å²) in [6.45, 7) is 0. The van der Waals surface area contributed by atoms with Gasteiger partial charge in [0.05, 0.1) is 5.69 Å². The van der Waals surface area contributed by atoms with Crippen LogP contribution in [-0.4, -0.2) is 4.98 Å². The maximum absolute atomic E-state index is 4.57. The summed E-state index contributed by atoms with van der Waals surface area (Å²) in [6.07, 6.45) is 3.78. The summed E-state index contributed by atoms with van der Waals surface area (Å²) in [7, 11) is 0. The monoisotopic (exact) mass is 247 g/mol. The van der Waals surface area contributed by atoms with Gasteiger partial charge in [-0.05, 0) is 36.5 Å². The third-order valence-electron chi connectivity index (χ3n) is 3.06. The molecule has 16 heavy (non-hydrogen) atoms. The summed E-state index contributed by atoms with van der Waals surface area (Å²) in [4.78, 5) is 4.57. The van der Waals surface area contributed by atoms with E-state index in [1.54, 1.807) is 11.3 Å². The Morgan fingerprint density at radius 2 is 2.12 bits per heavy atom. The first-order valence-electron chi connectivity index (χ1n) is 5.54. The third-order valence-corrected chi connectivity index (χ3v) is 4.32. The number of thiol groups is 1. The average molecular weight is 247 g/mol. The number of rotatable bonds is 2. The Labute approximate surface area is 105 Å². The molecule has 0 bridgehead atoms. The highest BCUT2D eigenvalue weighted by Crippen LogP contribution is 2.29. The molecular formula is C13H13NS2. The van der Waals surface area contributed by atoms with E-state index in [9.17, 15) is 0 Å². The lowest BCUT2D eigenvalue weighted by molar-refractivity contribution is 0.912. The fourth-order valence-corrected chi connectivity index (χ4v) is 3.32. The van der Waals surface area contributed by atoms with E-state index >= 15 is 0 Å². The van der Waals surface area contributed by atoms with Crippen LogP contribution < -0.4 is 0 Å². The SMILES string of the molecule is SCc1csc(-c2ccc3c(c2)CCC3)n1. The molecule has 0 atom stereocenters. The van der Waals surface area contributed by atoms with Gasteiger partial charge in [-0.3, -0.25) is 0 Å². The standard InChI is InChI=1S/C13H13NS2/c15-7-12-8-16-13(14-12)11-5-4-9-2-1-3-10(9)6-11/h4-6,8,15H,1-3,7H2. The molecule has 0 unspecified atom stereocenters. The lowest BCUT2D eigenvalue weighted by atomic mass is 10.1. The van der Waals surface area contributed by atoms with Crippen LogP contribution in [0.3, 0.4) is 0 Å². The third kappa shape index (κ3) is 1.78. The van der Waals surface area contributed by atoms with Crippen molar-refractivity contribution >= 4 is 24.0 Å². The van der Waals surface area contributed by atoms with Crippen molar-refractivity contribution in [3.8, 4) is 10.6 Å². The number of benzene rings is 1. The highest BCUT2D eigenvalue weighted by atomic mass is 32.1. The zero-order chi connectivity index (χ0) is 11.0. The molecule has 0 N–H and O–H groups in total. The molecular weight excluding hydrogens is 234 g/mol. The van der Waals surface area contributed by atoms with Crippen LogP contribution in [0, 0.1) is 0 Å². The Bertz CT molecular complexity index is 516. The fourth-order valence-electron chi connectivity index (χ4n) is 2.22. The molecule has 0 amide bonds. The first-order valence-corrected chi connectivity index (χ1v) is 7.05. The molecule has 82 valence electrons. The van der Waals surface area contributed by atoms with Crippen molar-refractivity contribution in [3.63, 3.8) is 0 Å². The molecule has 3 heteroatoms. The lowest BCUT2D eigenvalue weighted by Crippen LogP contribution is -1.84. The van der Waals surface area contributed by atoms with Crippen LogP contribution in [0.5, 0.6) is 0 Å². The highest BCUT2D eigenvalue weighted by molar-refractivity contribution is 7.79. The molecule has 1 nitrogen and oxygen atoms in total. The van der Waals surface area contributed by atoms with Gasteiger partial charge in [0.1, 0.15) is 5.01 Å². The number of thiazole rings is 1. The fraction of sp³-hybridized carbons (Fsp3) is 0.308. The van der Waals surface area contributed by atoms with Gasteiger partial charge in [0, 0.05) is 16.7 Å². The molecule has 3 rings (SSSR count). The van der Waals surface area contributed by atoms with Crippen LogP contribution in [-0.2, 0) is 18.6 Å². The summed E-state index contributed by atoms with van der Waals surface area (Å²) in [5, 5.41) is 3.22. The second-order valence-corrected chi connectivity index (χ2v) is 5.31. The summed E-state index contributed by atoms with van der Waals surface area (Å²) < 4.78 is 0. The van der Waals surface area contributed by atoms with Gasteiger partial charge in [0.15, 0.2) is 0 Å². The summed E-state index contributed by atoms with van der Waals surface area (Å²) in [5.74, 6) is 0.724. The summed E-state index contributed by atoms with van der Waals surface area (Å²) in [6, 6.07) is 6.77. The predicted octanol–water partition coefficient (Wildman–Crippen LogP) is 3.73. The minimum absolute atomic E-state index is 0.724. The van der Waals surface area contributed by atoms with E-state index < -0.39 is 0 Å². The molecule has 1 aromatic heterocycles. The van der Waals surface area contributed by atoms with Crippen LogP contribution in [0.25, 0.3) is 10.6 Å². The van der Waals surface area contributed by atoms with E-state index in [4.69, 9.17) is 0 Å². The summed E-state index contributed by atoms with van der Waals surface area (Å²) in [5.41, 5.74) is 5.37.